The lowest BCUT2D eigenvalue weighted by Crippen LogP contribution is -2.34. The zero-order chi connectivity index (χ0) is 24.2. The van der Waals surface area contributed by atoms with Crippen LogP contribution in [0.4, 0.5) is 0 Å². The standard InChI is InChI=1S/C22H19N5O4S3/c1-13-18(21(29)27(25(13)2)14-9-5-4-6-10-14)33-22-23-17-15-11-7-8-12-16(15)32-19(17)20(28)26(22)24-34(3,30)31/h4-12,24H,1-3H3. The van der Waals surface area contributed by atoms with Gasteiger partial charge in [0.25, 0.3) is 11.1 Å². The molecule has 174 valence electrons. The Bertz CT molecular complexity index is 1800. The molecule has 0 saturated heterocycles. The van der Waals surface area contributed by atoms with Crippen molar-refractivity contribution in [2.24, 2.45) is 7.05 Å². The fourth-order valence-electron chi connectivity index (χ4n) is 3.69. The molecule has 0 amide bonds. The Hall–Kier alpha value is -3.35. The van der Waals surface area contributed by atoms with Gasteiger partial charge in [-0.05, 0) is 36.9 Å². The number of nitrogens with zero attached hydrogens (tertiary/aromatic N) is 4. The Labute approximate surface area is 202 Å². The molecule has 1 N–H and O–H groups in total. The van der Waals surface area contributed by atoms with E-state index in [9.17, 15) is 18.0 Å². The molecule has 0 atom stereocenters. The van der Waals surface area contributed by atoms with Gasteiger partial charge in [0.1, 0.15) is 9.60 Å². The number of hydrogen-bond acceptors (Lipinski definition) is 7. The van der Waals surface area contributed by atoms with Crippen molar-refractivity contribution < 1.29 is 8.42 Å². The summed E-state index contributed by atoms with van der Waals surface area (Å²) in [5, 5.41) is 0.844. The van der Waals surface area contributed by atoms with Crippen LogP contribution in [0.2, 0.25) is 0 Å². The van der Waals surface area contributed by atoms with Crippen LogP contribution in [0, 0.1) is 6.92 Å². The number of benzene rings is 2. The van der Waals surface area contributed by atoms with Crippen molar-refractivity contribution in [3.8, 4) is 5.69 Å². The highest BCUT2D eigenvalue weighted by molar-refractivity contribution is 7.99. The fourth-order valence-corrected chi connectivity index (χ4v) is 6.31. The van der Waals surface area contributed by atoms with Gasteiger partial charge in [-0.2, -0.15) is 4.68 Å². The summed E-state index contributed by atoms with van der Waals surface area (Å²) in [5.74, 6) is 0. The molecule has 0 unspecified atom stereocenters. The van der Waals surface area contributed by atoms with Crippen molar-refractivity contribution in [1.29, 1.82) is 0 Å². The summed E-state index contributed by atoms with van der Waals surface area (Å²) < 4.78 is 29.5. The van der Waals surface area contributed by atoms with Gasteiger partial charge < -0.3 is 0 Å². The lowest BCUT2D eigenvalue weighted by molar-refractivity contribution is 0.596. The normalized spacial score (nSPS) is 12.0. The SMILES string of the molecule is Cc1c(Sc2nc3c(sc4ccccc43)c(=O)n2NS(C)(=O)=O)c(=O)n(-c2ccccc2)n1C. The Morgan fingerprint density at radius 3 is 2.38 bits per heavy atom. The summed E-state index contributed by atoms with van der Waals surface area (Å²) >= 11 is 2.20. The molecule has 9 nitrogen and oxygen atoms in total. The van der Waals surface area contributed by atoms with Gasteiger partial charge in [-0.15, -0.1) is 11.3 Å². The van der Waals surface area contributed by atoms with Gasteiger partial charge in [-0.25, -0.2) is 22.9 Å². The van der Waals surface area contributed by atoms with E-state index in [-0.39, 0.29) is 10.7 Å². The molecule has 0 radical (unpaired) electrons. The van der Waals surface area contributed by atoms with Crippen LogP contribution in [0.1, 0.15) is 5.69 Å². The summed E-state index contributed by atoms with van der Waals surface area (Å²) in [6.07, 6.45) is 0.958. The maximum absolute atomic E-state index is 13.4. The van der Waals surface area contributed by atoms with Gasteiger partial charge in [0.05, 0.1) is 23.2 Å². The molecule has 0 fully saturated rings. The molecule has 3 aromatic heterocycles. The molecule has 5 rings (SSSR count). The summed E-state index contributed by atoms with van der Waals surface area (Å²) in [4.78, 5) is 34.0. The van der Waals surface area contributed by atoms with Gasteiger partial charge in [0.2, 0.25) is 10.0 Å². The summed E-state index contributed by atoms with van der Waals surface area (Å²) in [6.45, 7) is 1.79. The van der Waals surface area contributed by atoms with Crippen LogP contribution < -0.4 is 15.9 Å². The first-order chi connectivity index (χ1) is 16.2. The van der Waals surface area contributed by atoms with Crippen molar-refractivity contribution in [2.75, 3.05) is 11.1 Å². The zero-order valence-corrected chi connectivity index (χ0v) is 20.8. The lowest BCUT2D eigenvalue weighted by Gasteiger charge is -2.12. The fraction of sp³-hybridized carbons (Fsp3) is 0.136. The molecule has 34 heavy (non-hydrogen) atoms. The summed E-state index contributed by atoms with van der Waals surface area (Å²) in [7, 11) is -2.04. The van der Waals surface area contributed by atoms with Crippen LogP contribution in [0.15, 0.2) is 74.2 Å². The largest absolute Gasteiger partial charge is 0.291 e. The Kier molecular flexibility index (Phi) is 5.38. The smallest absolute Gasteiger partial charge is 0.284 e. The molecule has 12 heteroatoms. The Balaban J connectivity index is 1.76. The number of fused-ring (bicyclic) bond motifs is 3. The minimum atomic E-state index is -3.80. The van der Waals surface area contributed by atoms with Crippen LogP contribution in [0.25, 0.3) is 26.0 Å². The number of rotatable bonds is 5. The van der Waals surface area contributed by atoms with E-state index in [1.54, 1.807) is 18.7 Å². The van der Waals surface area contributed by atoms with Crippen molar-refractivity contribution >= 4 is 53.4 Å². The minimum absolute atomic E-state index is 0.0532. The minimum Gasteiger partial charge on any atom is -0.284 e. The molecule has 2 aromatic carbocycles. The second-order valence-corrected chi connectivity index (χ2v) is 11.4. The number of thiophene rings is 1. The van der Waals surface area contributed by atoms with Gasteiger partial charge in [-0.1, -0.05) is 36.4 Å². The first-order valence-electron chi connectivity index (χ1n) is 10.1. The molecular formula is C22H19N5O4S3. The van der Waals surface area contributed by atoms with E-state index in [4.69, 9.17) is 0 Å². The number of hydrogen-bond donors (Lipinski definition) is 1. The second kappa shape index (κ2) is 8.15. The Morgan fingerprint density at radius 2 is 1.68 bits per heavy atom. The average Bonchev–Trinajstić information content (AvgIpc) is 3.27. The zero-order valence-electron chi connectivity index (χ0n) is 18.3. The van der Waals surface area contributed by atoms with Gasteiger partial charge in [0, 0.05) is 17.1 Å². The third kappa shape index (κ3) is 3.73. The first-order valence-corrected chi connectivity index (χ1v) is 13.6. The number of aromatic nitrogens is 4. The monoisotopic (exact) mass is 513 g/mol. The maximum Gasteiger partial charge on any atom is 0.291 e. The predicted molar refractivity (Wildman–Crippen MR) is 135 cm³/mol. The van der Waals surface area contributed by atoms with E-state index in [0.717, 1.165) is 32.8 Å². The van der Waals surface area contributed by atoms with Gasteiger partial charge >= 0.3 is 0 Å². The third-order valence-electron chi connectivity index (χ3n) is 5.32. The van der Waals surface area contributed by atoms with Crippen LogP contribution in [0.5, 0.6) is 0 Å². The lowest BCUT2D eigenvalue weighted by atomic mass is 10.2. The molecule has 3 heterocycles. The highest BCUT2D eigenvalue weighted by atomic mass is 32.2. The van der Waals surface area contributed by atoms with Crippen LogP contribution in [-0.4, -0.2) is 33.7 Å². The van der Waals surface area contributed by atoms with Crippen molar-refractivity contribution in [3.63, 3.8) is 0 Å². The first kappa shape index (κ1) is 22.4. The quantitative estimate of drug-likeness (QED) is 0.362. The van der Waals surface area contributed by atoms with Crippen LogP contribution in [-0.2, 0) is 17.1 Å². The van der Waals surface area contributed by atoms with E-state index in [1.165, 1.54) is 16.0 Å². The van der Waals surface area contributed by atoms with E-state index in [1.807, 2.05) is 54.6 Å². The van der Waals surface area contributed by atoms with Crippen LogP contribution in [0.3, 0.4) is 0 Å². The highest BCUT2D eigenvalue weighted by Crippen LogP contribution is 2.33. The second-order valence-electron chi connectivity index (χ2n) is 7.67. The van der Waals surface area contributed by atoms with E-state index < -0.39 is 15.6 Å². The topological polar surface area (TPSA) is 108 Å². The molecule has 5 aromatic rings. The highest BCUT2D eigenvalue weighted by Gasteiger charge is 2.23. The molecule has 0 aliphatic rings. The van der Waals surface area contributed by atoms with E-state index in [0.29, 0.717) is 26.5 Å². The predicted octanol–water partition coefficient (Wildman–Crippen LogP) is 3.06. The molecule has 0 spiro atoms. The third-order valence-corrected chi connectivity index (χ3v) is 8.11. The number of nitrogens with one attached hydrogen (secondary N) is 1. The van der Waals surface area contributed by atoms with Crippen molar-refractivity contribution in [3.05, 3.63) is 81.0 Å². The number of para-hydroxylation sites is 1. The van der Waals surface area contributed by atoms with Gasteiger partial charge in [-0.3, -0.25) is 14.3 Å². The van der Waals surface area contributed by atoms with Crippen LogP contribution >= 0.6 is 23.1 Å². The van der Waals surface area contributed by atoms with Crippen molar-refractivity contribution in [2.45, 2.75) is 17.0 Å². The average molecular weight is 514 g/mol. The molecular weight excluding hydrogens is 494 g/mol. The van der Waals surface area contributed by atoms with Crippen molar-refractivity contribution in [1.82, 2.24) is 19.0 Å². The van der Waals surface area contributed by atoms with E-state index in [2.05, 4.69) is 9.82 Å². The Morgan fingerprint density at radius 1 is 1.00 bits per heavy atom. The molecule has 0 bridgehead atoms. The van der Waals surface area contributed by atoms with E-state index >= 15 is 0 Å². The number of sulfonamides is 1. The maximum atomic E-state index is 13.4. The summed E-state index contributed by atoms with van der Waals surface area (Å²) in [5.41, 5.74) is 0.956. The molecule has 0 saturated carbocycles. The summed E-state index contributed by atoms with van der Waals surface area (Å²) in [6, 6.07) is 16.6. The molecule has 0 aliphatic heterocycles. The molecule has 0 aliphatic carbocycles. The van der Waals surface area contributed by atoms with Gasteiger partial charge in [0.15, 0.2) is 5.16 Å².